The molecule has 2 N–H and O–H groups in total. The zero-order valence-corrected chi connectivity index (χ0v) is 15.7. The maximum Gasteiger partial charge on any atom is 0.326 e. The van der Waals surface area contributed by atoms with Gasteiger partial charge >= 0.3 is 5.69 Å². The third-order valence-electron chi connectivity index (χ3n) is 4.66. The predicted octanol–water partition coefficient (Wildman–Crippen LogP) is 4.14. The summed E-state index contributed by atoms with van der Waals surface area (Å²) in [6, 6.07) is 21.3. The summed E-state index contributed by atoms with van der Waals surface area (Å²) in [5.74, 6) is 1.39. The van der Waals surface area contributed by atoms with Crippen molar-refractivity contribution >= 4 is 22.4 Å². The van der Waals surface area contributed by atoms with Gasteiger partial charge in [-0.25, -0.2) is 4.79 Å². The van der Waals surface area contributed by atoms with Gasteiger partial charge in [0, 0.05) is 23.0 Å². The third-order valence-corrected chi connectivity index (χ3v) is 4.66. The van der Waals surface area contributed by atoms with Crippen molar-refractivity contribution in [2.45, 2.75) is 6.54 Å². The van der Waals surface area contributed by atoms with Crippen LogP contribution < -0.4 is 20.5 Å². The van der Waals surface area contributed by atoms with Gasteiger partial charge in [-0.15, -0.1) is 0 Å². The standard InChI is InChI=1S/C22H21N3O3/c1-27-18-10-8-15(21(13-18)28-2)14-25-20-11-9-17(12-19(20)24-22(25)26)23-16-6-4-3-5-7-16/h3-13,23H,14H2,1-2H3,(H,24,26). The topological polar surface area (TPSA) is 68.3 Å². The van der Waals surface area contributed by atoms with Crippen LogP contribution in [0.3, 0.4) is 0 Å². The van der Waals surface area contributed by atoms with E-state index in [0.29, 0.717) is 18.0 Å². The number of imidazole rings is 1. The quantitative estimate of drug-likeness (QED) is 0.531. The van der Waals surface area contributed by atoms with Gasteiger partial charge in [0.2, 0.25) is 0 Å². The molecule has 0 unspecified atom stereocenters. The number of aromatic amines is 1. The van der Waals surface area contributed by atoms with E-state index in [1.54, 1.807) is 18.8 Å². The Morgan fingerprint density at radius 3 is 2.50 bits per heavy atom. The number of aromatic nitrogens is 2. The minimum absolute atomic E-state index is 0.162. The van der Waals surface area contributed by atoms with Crippen LogP contribution in [-0.2, 0) is 6.54 Å². The highest BCUT2D eigenvalue weighted by Gasteiger charge is 2.12. The fourth-order valence-corrected chi connectivity index (χ4v) is 3.24. The average molecular weight is 375 g/mol. The number of para-hydroxylation sites is 1. The molecule has 3 aromatic carbocycles. The minimum Gasteiger partial charge on any atom is -0.497 e. The lowest BCUT2D eigenvalue weighted by atomic mass is 10.2. The third kappa shape index (κ3) is 3.44. The van der Waals surface area contributed by atoms with Gasteiger partial charge in [0.15, 0.2) is 0 Å². The van der Waals surface area contributed by atoms with Crippen LogP contribution in [0.15, 0.2) is 71.5 Å². The highest BCUT2D eigenvalue weighted by atomic mass is 16.5. The molecule has 1 aromatic heterocycles. The Morgan fingerprint density at radius 1 is 0.929 bits per heavy atom. The molecule has 6 nitrogen and oxygen atoms in total. The second-order valence-electron chi connectivity index (χ2n) is 6.42. The van der Waals surface area contributed by atoms with E-state index in [1.807, 2.05) is 66.7 Å². The van der Waals surface area contributed by atoms with Gasteiger partial charge in [0.1, 0.15) is 11.5 Å². The summed E-state index contributed by atoms with van der Waals surface area (Å²) in [6.45, 7) is 0.400. The molecule has 1 heterocycles. The Hall–Kier alpha value is -3.67. The maximum absolute atomic E-state index is 12.6. The maximum atomic E-state index is 12.6. The Morgan fingerprint density at radius 2 is 1.75 bits per heavy atom. The number of rotatable bonds is 6. The van der Waals surface area contributed by atoms with E-state index in [0.717, 1.165) is 28.0 Å². The zero-order valence-electron chi connectivity index (χ0n) is 15.7. The first-order valence-corrected chi connectivity index (χ1v) is 8.93. The molecule has 0 atom stereocenters. The molecule has 0 bridgehead atoms. The van der Waals surface area contributed by atoms with E-state index in [-0.39, 0.29) is 5.69 Å². The molecule has 28 heavy (non-hydrogen) atoms. The summed E-state index contributed by atoms with van der Waals surface area (Å²) in [6.07, 6.45) is 0. The zero-order chi connectivity index (χ0) is 19.5. The molecule has 0 saturated heterocycles. The first kappa shape index (κ1) is 17.7. The van der Waals surface area contributed by atoms with Crippen molar-refractivity contribution < 1.29 is 9.47 Å². The predicted molar refractivity (Wildman–Crippen MR) is 111 cm³/mol. The molecule has 0 amide bonds. The molecular formula is C22H21N3O3. The fraction of sp³-hybridized carbons (Fsp3) is 0.136. The Labute approximate surface area is 162 Å². The average Bonchev–Trinajstić information content (AvgIpc) is 3.03. The number of hydrogen-bond donors (Lipinski definition) is 2. The van der Waals surface area contributed by atoms with Crippen molar-refractivity contribution in [3.63, 3.8) is 0 Å². The fourth-order valence-electron chi connectivity index (χ4n) is 3.24. The monoisotopic (exact) mass is 375 g/mol. The van der Waals surface area contributed by atoms with Crippen LogP contribution in [0.4, 0.5) is 11.4 Å². The number of nitrogens with one attached hydrogen (secondary N) is 2. The van der Waals surface area contributed by atoms with Crippen molar-refractivity contribution in [2.24, 2.45) is 0 Å². The summed E-state index contributed by atoms with van der Waals surface area (Å²) < 4.78 is 12.4. The molecule has 4 rings (SSSR count). The minimum atomic E-state index is -0.162. The molecule has 142 valence electrons. The number of anilines is 2. The second-order valence-corrected chi connectivity index (χ2v) is 6.42. The van der Waals surface area contributed by atoms with Crippen molar-refractivity contribution in [1.82, 2.24) is 9.55 Å². The first-order chi connectivity index (χ1) is 13.7. The smallest absolute Gasteiger partial charge is 0.326 e. The van der Waals surface area contributed by atoms with Gasteiger partial charge in [-0.05, 0) is 42.5 Å². The molecule has 0 fully saturated rings. The van der Waals surface area contributed by atoms with Crippen LogP contribution in [0.1, 0.15) is 5.56 Å². The molecule has 0 aliphatic rings. The van der Waals surface area contributed by atoms with Crippen LogP contribution in [-0.4, -0.2) is 23.8 Å². The number of fused-ring (bicyclic) bond motifs is 1. The summed E-state index contributed by atoms with van der Waals surface area (Å²) in [4.78, 5) is 15.5. The lowest BCUT2D eigenvalue weighted by molar-refractivity contribution is 0.390. The molecule has 4 aromatic rings. The number of methoxy groups -OCH3 is 2. The Bertz CT molecular complexity index is 1160. The number of H-pyrrole nitrogens is 1. The highest BCUT2D eigenvalue weighted by molar-refractivity contribution is 5.81. The summed E-state index contributed by atoms with van der Waals surface area (Å²) in [5.41, 5.74) is 4.25. The SMILES string of the molecule is COc1ccc(Cn2c(=O)[nH]c3cc(Nc4ccccc4)ccc32)c(OC)c1. The molecule has 0 radical (unpaired) electrons. The van der Waals surface area contributed by atoms with E-state index < -0.39 is 0 Å². The largest absolute Gasteiger partial charge is 0.497 e. The van der Waals surface area contributed by atoms with Crippen LogP contribution >= 0.6 is 0 Å². The van der Waals surface area contributed by atoms with Crippen LogP contribution in [0.2, 0.25) is 0 Å². The van der Waals surface area contributed by atoms with Gasteiger partial charge in [0.25, 0.3) is 0 Å². The first-order valence-electron chi connectivity index (χ1n) is 8.93. The molecule has 0 spiro atoms. The number of hydrogen-bond acceptors (Lipinski definition) is 4. The summed E-state index contributed by atoms with van der Waals surface area (Å²) >= 11 is 0. The van der Waals surface area contributed by atoms with Crippen LogP contribution in [0, 0.1) is 0 Å². The van der Waals surface area contributed by atoms with Gasteiger partial charge in [-0.1, -0.05) is 18.2 Å². The molecule has 0 saturated carbocycles. The highest BCUT2D eigenvalue weighted by Crippen LogP contribution is 2.26. The second kappa shape index (κ2) is 7.52. The van der Waals surface area contributed by atoms with Crippen molar-refractivity contribution in [3.8, 4) is 11.5 Å². The lowest BCUT2D eigenvalue weighted by Gasteiger charge is -2.11. The van der Waals surface area contributed by atoms with Crippen molar-refractivity contribution in [1.29, 1.82) is 0 Å². The van der Waals surface area contributed by atoms with E-state index in [4.69, 9.17) is 9.47 Å². The normalized spacial score (nSPS) is 10.8. The Kier molecular flexibility index (Phi) is 4.76. The van der Waals surface area contributed by atoms with Crippen LogP contribution in [0.25, 0.3) is 11.0 Å². The van der Waals surface area contributed by atoms with Crippen molar-refractivity contribution in [2.75, 3.05) is 19.5 Å². The van der Waals surface area contributed by atoms with Crippen LogP contribution in [0.5, 0.6) is 11.5 Å². The van der Waals surface area contributed by atoms with E-state index in [1.165, 1.54) is 0 Å². The lowest BCUT2D eigenvalue weighted by Crippen LogP contribution is -2.17. The Balaban J connectivity index is 1.67. The van der Waals surface area contributed by atoms with E-state index >= 15 is 0 Å². The number of nitrogens with zero attached hydrogens (tertiary/aromatic N) is 1. The summed E-state index contributed by atoms with van der Waals surface area (Å²) in [7, 11) is 3.22. The van der Waals surface area contributed by atoms with Gasteiger partial charge < -0.3 is 19.8 Å². The number of ether oxygens (including phenoxy) is 2. The summed E-state index contributed by atoms with van der Waals surface area (Å²) in [5, 5.41) is 3.34. The van der Waals surface area contributed by atoms with E-state index in [2.05, 4.69) is 10.3 Å². The van der Waals surface area contributed by atoms with Crippen molar-refractivity contribution in [3.05, 3.63) is 82.8 Å². The molecular weight excluding hydrogens is 354 g/mol. The molecule has 0 aliphatic heterocycles. The van der Waals surface area contributed by atoms with E-state index in [9.17, 15) is 4.79 Å². The van der Waals surface area contributed by atoms with Gasteiger partial charge in [-0.3, -0.25) is 4.57 Å². The number of benzene rings is 3. The molecule has 0 aliphatic carbocycles. The van der Waals surface area contributed by atoms with Gasteiger partial charge in [0.05, 0.1) is 31.8 Å². The van der Waals surface area contributed by atoms with Gasteiger partial charge in [-0.2, -0.15) is 0 Å². The molecule has 6 heteroatoms.